The molecule has 104 valence electrons. The van der Waals surface area contributed by atoms with Crippen molar-refractivity contribution in [3.05, 3.63) is 58.0 Å². The molecule has 1 amide bonds. The van der Waals surface area contributed by atoms with Crippen molar-refractivity contribution in [2.45, 2.75) is 20.8 Å². The van der Waals surface area contributed by atoms with Crippen molar-refractivity contribution in [1.82, 2.24) is 5.43 Å². The zero-order valence-corrected chi connectivity index (χ0v) is 12.3. The lowest BCUT2D eigenvalue weighted by Gasteiger charge is -2.04. The Kier molecular flexibility index (Phi) is 4.25. The Morgan fingerprint density at radius 2 is 1.95 bits per heavy atom. The third-order valence-corrected chi connectivity index (χ3v) is 3.20. The van der Waals surface area contributed by atoms with Crippen LogP contribution in [0.1, 0.15) is 34.4 Å². The van der Waals surface area contributed by atoms with E-state index in [0.29, 0.717) is 27.8 Å². The maximum absolute atomic E-state index is 12.0. The molecule has 0 unspecified atom stereocenters. The van der Waals surface area contributed by atoms with Crippen molar-refractivity contribution in [3.63, 3.8) is 0 Å². The number of rotatable bonds is 3. The molecular weight excluding hydrogens is 276 g/mol. The van der Waals surface area contributed by atoms with Crippen molar-refractivity contribution in [3.8, 4) is 0 Å². The Balaban J connectivity index is 2.15. The van der Waals surface area contributed by atoms with E-state index in [1.54, 1.807) is 32.9 Å². The molecule has 0 radical (unpaired) electrons. The molecule has 1 N–H and O–H groups in total. The molecule has 1 aromatic carbocycles. The molecule has 1 aromatic heterocycles. The van der Waals surface area contributed by atoms with Crippen LogP contribution in [0.5, 0.6) is 0 Å². The van der Waals surface area contributed by atoms with E-state index in [0.717, 1.165) is 5.56 Å². The largest absolute Gasteiger partial charge is 0.466 e. The molecule has 0 saturated heterocycles. The van der Waals surface area contributed by atoms with Gasteiger partial charge in [-0.25, -0.2) is 5.43 Å². The zero-order chi connectivity index (χ0) is 14.7. The van der Waals surface area contributed by atoms with E-state index in [1.165, 1.54) is 0 Å². The smallest absolute Gasteiger partial charge is 0.274 e. The molecular formula is C15H15ClN2O2. The highest BCUT2D eigenvalue weighted by Crippen LogP contribution is 2.16. The number of hydrazone groups is 1. The highest BCUT2D eigenvalue weighted by molar-refractivity contribution is 6.34. The lowest BCUT2D eigenvalue weighted by atomic mass is 10.1. The minimum Gasteiger partial charge on any atom is -0.466 e. The fraction of sp³-hybridized carbons (Fsp3) is 0.200. The van der Waals surface area contributed by atoms with E-state index in [4.69, 9.17) is 16.0 Å². The average Bonchev–Trinajstić information content (AvgIpc) is 2.75. The fourth-order valence-corrected chi connectivity index (χ4v) is 2.14. The average molecular weight is 291 g/mol. The number of amides is 1. The second-order valence-corrected chi connectivity index (χ2v) is 4.85. The predicted octanol–water partition coefficient (Wildman–Crippen LogP) is 3.70. The molecule has 20 heavy (non-hydrogen) atoms. The van der Waals surface area contributed by atoms with Crippen molar-refractivity contribution >= 4 is 23.2 Å². The second kappa shape index (κ2) is 5.92. The van der Waals surface area contributed by atoms with Crippen LogP contribution in [0.4, 0.5) is 0 Å². The lowest BCUT2D eigenvalue weighted by molar-refractivity contribution is 0.0953. The quantitative estimate of drug-likeness (QED) is 0.692. The first-order chi connectivity index (χ1) is 9.49. The van der Waals surface area contributed by atoms with Crippen LogP contribution in [-0.2, 0) is 0 Å². The number of carbonyl (C=O) groups excluding carboxylic acids is 1. The SMILES string of the molecule is C/C(=N\NC(=O)c1cc(C)oc1C)c1ccccc1Cl. The maximum Gasteiger partial charge on any atom is 0.274 e. The normalized spacial score (nSPS) is 11.5. The first-order valence-electron chi connectivity index (χ1n) is 6.15. The summed E-state index contributed by atoms with van der Waals surface area (Å²) in [5.74, 6) is 0.968. The van der Waals surface area contributed by atoms with Crippen LogP contribution in [0.15, 0.2) is 39.9 Å². The summed E-state index contributed by atoms with van der Waals surface area (Å²) in [5.41, 5.74) is 4.42. The van der Waals surface area contributed by atoms with E-state index >= 15 is 0 Å². The van der Waals surface area contributed by atoms with E-state index in [1.807, 2.05) is 18.2 Å². The Bertz CT molecular complexity index is 674. The lowest BCUT2D eigenvalue weighted by Crippen LogP contribution is -2.19. The minimum absolute atomic E-state index is 0.300. The molecule has 0 aliphatic carbocycles. The number of nitrogens with zero attached hydrogens (tertiary/aromatic N) is 1. The van der Waals surface area contributed by atoms with Crippen LogP contribution in [0.25, 0.3) is 0 Å². The van der Waals surface area contributed by atoms with Gasteiger partial charge in [-0.2, -0.15) is 5.10 Å². The van der Waals surface area contributed by atoms with Crippen molar-refractivity contribution < 1.29 is 9.21 Å². The number of nitrogens with one attached hydrogen (secondary N) is 1. The molecule has 0 atom stereocenters. The van der Waals surface area contributed by atoms with Gasteiger partial charge in [0.1, 0.15) is 11.5 Å². The number of hydrogen-bond donors (Lipinski definition) is 1. The molecule has 2 aromatic rings. The molecule has 0 aliphatic rings. The monoisotopic (exact) mass is 290 g/mol. The molecule has 0 aliphatic heterocycles. The van der Waals surface area contributed by atoms with E-state index in [2.05, 4.69) is 10.5 Å². The van der Waals surface area contributed by atoms with E-state index in [9.17, 15) is 4.79 Å². The topological polar surface area (TPSA) is 54.6 Å². The number of furan rings is 1. The van der Waals surface area contributed by atoms with Gasteiger partial charge >= 0.3 is 0 Å². The van der Waals surface area contributed by atoms with Crippen LogP contribution in [0.2, 0.25) is 5.02 Å². The summed E-state index contributed by atoms with van der Waals surface area (Å²) in [6.45, 7) is 5.32. The standard InChI is InChI=1S/C15H15ClN2O2/c1-9-8-13(11(3)20-9)15(19)18-17-10(2)12-6-4-5-7-14(12)16/h4-8H,1-3H3,(H,18,19)/b17-10+. The van der Waals surface area contributed by atoms with Gasteiger partial charge in [-0.05, 0) is 32.9 Å². The molecule has 0 saturated carbocycles. The number of hydrogen-bond acceptors (Lipinski definition) is 3. The maximum atomic E-state index is 12.0. The summed E-state index contributed by atoms with van der Waals surface area (Å²) in [4.78, 5) is 12.0. The Morgan fingerprint density at radius 3 is 2.55 bits per heavy atom. The molecule has 0 bridgehead atoms. The van der Waals surface area contributed by atoms with Gasteiger partial charge in [-0.3, -0.25) is 4.79 Å². The molecule has 2 rings (SSSR count). The first kappa shape index (κ1) is 14.3. The van der Waals surface area contributed by atoms with Gasteiger partial charge in [0.15, 0.2) is 0 Å². The number of aryl methyl sites for hydroxylation is 2. The van der Waals surface area contributed by atoms with Crippen LogP contribution in [-0.4, -0.2) is 11.6 Å². The summed E-state index contributed by atoms with van der Waals surface area (Å²) in [5, 5.41) is 4.67. The highest BCUT2D eigenvalue weighted by atomic mass is 35.5. The predicted molar refractivity (Wildman–Crippen MR) is 79.3 cm³/mol. The van der Waals surface area contributed by atoms with Crippen LogP contribution >= 0.6 is 11.6 Å². The van der Waals surface area contributed by atoms with Crippen LogP contribution in [0, 0.1) is 13.8 Å². The van der Waals surface area contributed by atoms with Crippen LogP contribution in [0.3, 0.4) is 0 Å². The van der Waals surface area contributed by atoms with Gasteiger partial charge in [0.2, 0.25) is 0 Å². The Hall–Kier alpha value is -2.07. The number of carbonyl (C=O) groups is 1. The summed E-state index contributed by atoms with van der Waals surface area (Å²) < 4.78 is 5.32. The van der Waals surface area contributed by atoms with E-state index < -0.39 is 0 Å². The summed E-state index contributed by atoms with van der Waals surface area (Å²) >= 11 is 6.07. The minimum atomic E-state index is -0.300. The van der Waals surface area contributed by atoms with Crippen molar-refractivity contribution in [2.75, 3.05) is 0 Å². The molecule has 0 spiro atoms. The Morgan fingerprint density at radius 1 is 1.25 bits per heavy atom. The summed E-state index contributed by atoms with van der Waals surface area (Å²) in [6, 6.07) is 9.02. The molecule has 0 fully saturated rings. The summed E-state index contributed by atoms with van der Waals surface area (Å²) in [7, 11) is 0. The van der Waals surface area contributed by atoms with Gasteiger partial charge in [0, 0.05) is 10.6 Å². The van der Waals surface area contributed by atoms with Gasteiger partial charge in [-0.1, -0.05) is 29.8 Å². The number of benzene rings is 1. The number of halogens is 1. The van der Waals surface area contributed by atoms with Crippen molar-refractivity contribution in [1.29, 1.82) is 0 Å². The Labute approximate surface area is 122 Å². The fourth-order valence-electron chi connectivity index (χ4n) is 1.87. The zero-order valence-electron chi connectivity index (χ0n) is 11.5. The van der Waals surface area contributed by atoms with Crippen LogP contribution < -0.4 is 5.43 Å². The third-order valence-electron chi connectivity index (χ3n) is 2.87. The highest BCUT2D eigenvalue weighted by Gasteiger charge is 2.13. The second-order valence-electron chi connectivity index (χ2n) is 4.44. The molecule has 4 nitrogen and oxygen atoms in total. The third kappa shape index (κ3) is 3.08. The van der Waals surface area contributed by atoms with E-state index in [-0.39, 0.29) is 5.91 Å². The molecule has 5 heteroatoms. The summed E-state index contributed by atoms with van der Waals surface area (Å²) in [6.07, 6.45) is 0. The van der Waals surface area contributed by atoms with Gasteiger partial charge < -0.3 is 4.42 Å². The first-order valence-corrected chi connectivity index (χ1v) is 6.53. The molecule has 1 heterocycles. The van der Waals surface area contributed by atoms with Gasteiger partial charge in [-0.15, -0.1) is 0 Å². The van der Waals surface area contributed by atoms with Gasteiger partial charge in [0.25, 0.3) is 5.91 Å². The van der Waals surface area contributed by atoms with Crippen molar-refractivity contribution in [2.24, 2.45) is 5.10 Å². The van der Waals surface area contributed by atoms with Gasteiger partial charge in [0.05, 0.1) is 11.3 Å².